The van der Waals surface area contributed by atoms with E-state index in [2.05, 4.69) is 121 Å². The fourth-order valence-electron chi connectivity index (χ4n) is 10.9. The summed E-state index contributed by atoms with van der Waals surface area (Å²) < 4.78 is 24.1. The molecule has 1 atom stereocenters. The number of esters is 2. The first-order chi connectivity index (χ1) is 40.2. The number of halogens is 1. The minimum atomic E-state index is -0.588. The van der Waals surface area contributed by atoms with Gasteiger partial charge in [0, 0.05) is 43.5 Å². The molecule has 0 fully saturated rings. The lowest BCUT2D eigenvalue weighted by molar-refractivity contribution is 0.0269. The molecule has 0 saturated heterocycles. The van der Waals surface area contributed by atoms with E-state index >= 15 is 0 Å². The van der Waals surface area contributed by atoms with E-state index in [-0.39, 0.29) is 12.1 Å². The molecule has 0 spiro atoms. The number of pyridine rings is 2. The Morgan fingerprint density at radius 3 is 1.98 bits per heavy atom. The van der Waals surface area contributed by atoms with Crippen molar-refractivity contribution in [1.82, 2.24) is 24.4 Å². The third kappa shape index (κ3) is 12.7. The van der Waals surface area contributed by atoms with Crippen LogP contribution in [0.1, 0.15) is 93.8 Å². The zero-order valence-corrected chi connectivity index (χ0v) is 48.2. The molecule has 2 aliphatic rings. The number of amides is 1. The first kappa shape index (κ1) is 55.8. The van der Waals surface area contributed by atoms with Crippen molar-refractivity contribution in [1.29, 1.82) is 0 Å². The van der Waals surface area contributed by atoms with E-state index in [0.29, 0.717) is 48.0 Å². The molecular weight excluding hydrogens is 1060 g/mol. The first-order valence-corrected chi connectivity index (χ1v) is 28.2. The highest BCUT2D eigenvalue weighted by Crippen LogP contribution is 2.39. The monoisotopic (exact) mass is 1120 g/mol. The molecule has 1 amide bonds. The van der Waals surface area contributed by atoms with Crippen molar-refractivity contribution < 1.29 is 33.3 Å². The van der Waals surface area contributed by atoms with E-state index in [1.807, 2.05) is 86.1 Å². The van der Waals surface area contributed by atoms with Gasteiger partial charge in [0.15, 0.2) is 0 Å². The Kier molecular flexibility index (Phi) is 16.2. The van der Waals surface area contributed by atoms with Crippen LogP contribution >= 0.6 is 11.6 Å². The topological polar surface area (TPSA) is 125 Å². The predicted octanol–water partition coefficient (Wildman–Crippen LogP) is 15.6. The molecule has 0 radical (unpaired) electrons. The molecule has 2 aliphatic heterocycles. The molecule has 12 nitrogen and oxygen atoms in total. The highest BCUT2D eigenvalue weighted by molar-refractivity contribution is 6.33. The Labute approximate surface area is 489 Å². The molecule has 11 rings (SSSR count). The van der Waals surface area contributed by atoms with Gasteiger partial charge in [-0.05, 0) is 156 Å². The number of ether oxygens (including phenoxy) is 4. The number of carbonyl (C=O) groups excluding carboxylic acids is 3. The number of aromatic nitrogens is 3. The molecule has 0 N–H and O–H groups in total. The number of aryl methyl sites for hydroxylation is 1. The second-order valence-corrected chi connectivity index (χ2v) is 22.4. The lowest BCUT2D eigenvalue weighted by Crippen LogP contribution is -2.39. The summed E-state index contributed by atoms with van der Waals surface area (Å²) in [7, 11) is 2.73. The number of methoxy groups -OCH3 is 2. The van der Waals surface area contributed by atoms with Gasteiger partial charge in [0.05, 0.1) is 59.5 Å². The van der Waals surface area contributed by atoms with E-state index in [9.17, 15) is 14.4 Å². The minimum Gasteiger partial charge on any atom is -0.487 e. The third-order valence-electron chi connectivity index (χ3n) is 15.3. The molecule has 0 saturated carbocycles. The smallest absolute Gasteiger partial charge is 0.410 e. The van der Waals surface area contributed by atoms with Crippen LogP contribution in [0.4, 0.5) is 4.79 Å². The van der Waals surface area contributed by atoms with Crippen molar-refractivity contribution in [3.8, 4) is 50.5 Å². The Hall–Kier alpha value is -9.10. The van der Waals surface area contributed by atoms with Gasteiger partial charge >= 0.3 is 18.0 Å². The number of fused-ring (bicyclic) bond motifs is 1. The van der Waals surface area contributed by atoms with Crippen LogP contribution in [-0.4, -0.2) is 81.9 Å². The van der Waals surface area contributed by atoms with Gasteiger partial charge in [0.2, 0.25) is 0 Å². The molecule has 0 aliphatic carbocycles. The molecule has 3 aromatic heterocycles. The maximum atomic E-state index is 13.0. The summed E-state index contributed by atoms with van der Waals surface area (Å²) in [5, 5.41) is 5.30. The van der Waals surface area contributed by atoms with E-state index in [1.54, 1.807) is 23.2 Å². The predicted molar refractivity (Wildman–Crippen MR) is 327 cm³/mol. The van der Waals surface area contributed by atoms with E-state index < -0.39 is 17.5 Å². The molecule has 418 valence electrons. The number of rotatable bonds is 14. The summed E-state index contributed by atoms with van der Waals surface area (Å²) in [6, 6.07) is 55.4. The second kappa shape index (κ2) is 24.2. The largest absolute Gasteiger partial charge is 0.487 e. The number of benzene rings is 6. The summed E-state index contributed by atoms with van der Waals surface area (Å²) in [5.41, 5.74) is 17.6. The quantitative estimate of drug-likeness (QED) is 0.0768. The average molecular weight is 1120 g/mol. The van der Waals surface area contributed by atoms with Crippen LogP contribution in [0.2, 0.25) is 5.02 Å². The Balaban J connectivity index is 0.799. The number of hydrogen-bond acceptors (Lipinski definition) is 10. The fraction of sp³-hybridized carbons (Fsp3) is 0.214. The molecule has 83 heavy (non-hydrogen) atoms. The van der Waals surface area contributed by atoms with Gasteiger partial charge in [-0.25, -0.2) is 18.9 Å². The van der Waals surface area contributed by atoms with E-state index in [4.69, 9.17) is 40.6 Å². The van der Waals surface area contributed by atoms with Gasteiger partial charge in [-0.1, -0.05) is 139 Å². The van der Waals surface area contributed by atoms with Crippen LogP contribution in [0.15, 0.2) is 188 Å². The van der Waals surface area contributed by atoms with Crippen LogP contribution in [-0.2, 0) is 27.4 Å². The molecule has 13 heteroatoms. The zero-order valence-electron chi connectivity index (χ0n) is 47.4. The van der Waals surface area contributed by atoms with Crippen molar-refractivity contribution in [2.24, 2.45) is 0 Å². The summed E-state index contributed by atoms with van der Waals surface area (Å²) in [6.45, 7) is 10.6. The van der Waals surface area contributed by atoms with Gasteiger partial charge in [0.25, 0.3) is 0 Å². The zero-order chi connectivity index (χ0) is 57.8. The lowest BCUT2D eigenvalue weighted by atomic mass is 9.89. The van der Waals surface area contributed by atoms with Crippen LogP contribution in [0.5, 0.6) is 5.75 Å². The summed E-state index contributed by atoms with van der Waals surface area (Å²) in [6.07, 6.45) is 9.36. The van der Waals surface area contributed by atoms with Gasteiger partial charge in [-0.2, -0.15) is 5.10 Å². The average Bonchev–Trinajstić information content (AvgIpc) is 3.98. The summed E-state index contributed by atoms with van der Waals surface area (Å²) >= 11 is 6.45. The van der Waals surface area contributed by atoms with E-state index in [1.165, 1.54) is 30.9 Å². The summed E-state index contributed by atoms with van der Waals surface area (Å²) in [4.78, 5) is 46.9. The van der Waals surface area contributed by atoms with Gasteiger partial charge in [0.1, 0.15) is 18.0 Å². The Morgan fingerprint density at radius 2 is 1.31 bits per heavy atom. The normalized spacial score (nSPS) is 14.6. The number of hydrogen-bond donors (Lipinski definition) is 0. The molecule has 0 bridgehead atoms. The van der Waals surface area contributed by atoms with Crippen LogP contribution in [0.3, 0.4) is 0 Å². The number of carbonyl (C=O) groups is 3. The fourth-order valence-corrected chi connectivity index (χ4v) is 11.2. The van der Waals surface area contributed by atoms with Gasteiger partial charge in [-0.15, -0.1) is 0 Å². The number of nitrogens with zero attached hydrogens (tertiary/aromatic N) is 5. The summed E-state index contributed by atoms with van der Waals surface area (Å²) in [5.74, 6) is -0.209. The first-order valence-electron chi connectivity index (χ1n) is 27.8. The SMILES string of the molecule is COC(=O)c1ccc(-c2ccc(-c3cc4cc(C5=CC(c6ccc(C)cc6COc6ccc(-c7ccc(-c8ccc(C(=O)OC)c(C9=CCN(C(=O)OC(C)(C)C)CC9)c8)cc7)nc6)N(Cc6ccccc6)CC5)ccn4n3)cc2)cc1Cl. The van der Waals surface area contributed by atoms with E-state index in [0.717, 1.165) is 97.6 Å². The highest BCUT2D eigenvalue weighted by Gasteiger charge is 2.29. The Bertz CT molecular complexity index is 3940. The minimum absolute atomic E-state index is 0.0260. The molecule has 5 heterocycles. The van der Waals surface area contributed by atoms with Crippen molar-refractivity contribution >= 4 is 46.3 Å². The maximum absolute atomic E-state index is 13.0. The van der Waals surface area contributed by atoms with Crippen molar-refractivity contribution in [2.75, 3.05) is 33.9 Å². The maximum Gasteiger partial charge on any atom is 0.410 e. The van der Waals surface area contributed by atoms with Crippen LogP contribution in [0, 0.1) is 6.92 Å². The standard InChI is InChI=1S/C70H64ClN5O7/c1-45-12-24-59(56(36-45)44-82-58-23-27-64(72-42-58)50-17-13-47(14-18-50)52-21-25-60(67(77)80-5)62(38-52)49-28-32-74(33-29-49)69(79)83-70(2,3)4)66-40-55(30-34-75(66)43-46-10-8-7-9-11-46)54-31-35-76-57(37-54)41-65(73-76)51-19-15-48(16-20-51)53-22-26-61(63(71)39-53)68(78)81-6/h7-28,31,35-42,66H,29-30,32-34,43-44H2,1-6H3. The van der Waals surface area contributed by atoms with Crippen molar-refractivity contribution in [3.05, 3.63) is 238 Å². The van der Waals surface area contributed by atoms with Crippen molar-refractivity contribution in [3.63, 3.8) is 0 Å². The van der Waals surface area contributed by atoms with Gasteiger partial charge in [-0.3, -0.25) is 9.88 Å². The molecule has 1 unspecified atom stereocenters. The van der Waals surface area contributed by atoms with Crippen LogP contribution < -0.4 is 4.74 Å². The lowest BCUT2D eigenvalue weighted by Gasteiger charge is -2.36. The second-order valence-electron chi connectivity index (χ2n) is 22.0. The Morgan fingerprint density at radius 1 is 0.651 bits per heavy atom. The highest BCUT2D eigenvalue weighted by atomic mass is 35.5. The van der Waals surface area contributed by atoms with Crippen molar-refractivity contribution in [2.45, 2.75) is 65.3 Å². The third-order valence-corrected chi connectivity index (χ3v) is 15.6. The molecule has 6 aromatic carbocycles. The van der Waals surface area contributed by atoms with Crippen LogP contribution in [0.25, 0.3) is 61.4 Å². The molecular formula is C70H64ClN5O7. The van der Waals surface area contributed by atoms with Gasteiger partial charge < -0.3 is 23.8 Å². The molecule has 9 aromatic rings.